The first-order valence-corrected chi connectivity index (χ1v) is 5.45. The smallest absolute Gasteiger partial charge is 0.343 e. The lowest BCUT2D eigenvalue weighted by molar-refractivity contribution is 0.0482. The Morgan fingerprint density at radius 1 is 1.35 bits per heavy atom. The van der Waals surface area contributed by atoms with Gasteiger partial charge >= 0.3 is 6.03 Å². The zero-order valence-corrected chi connectivity index (χ0v) is 10.3. The maximum absolute atomic E-state index is 11.5. The summed E-state index contributed by atoms with van der Waals surface area (Å²) in [6, 6.07) is 6.74. The second-order valence-corrected chi connectivity index (χ2v) is 3.96. The number of methoxy groups -OCH3 is 1. The van der Waals surface area contributed by atoms with Crippen molar-refractivity contribution in [2.75, 3.05) is 19.0 Å². The summed E-state index contributed by atoms with van der Waals surface area (Å²) in [6.07, 6.45) is 0. The third kappa shape index (κ3) is 4.74. The van der Waals surface area contributed by atoms with E-state index < -0.39 is 6.03 Å². The van der Waals surface area contributed by atoms with Gasteiger partial charge in [0.05, 0.1) is 19.4 Å². The molecule has 0 aliphatic rings. The van der Waals surface area contributed by atoms with Gasteiger partial charge in [-0.25, -0.2) is 10.3 Å². The number of anilines is 1. The summed E-state index contributed by atoms with van der Waals surface area (Å²) in [5.74, 6) is 0.966. The summed E-state index contributed by atoms with van der Waals surface area (Å²) in [5.41, 5.74) is 2.91. The number of ether oxygens (including phenoxy) is 1. The third-order valence-electron chi connectivity index (χ3n) is 1.94. The Morgan fingerprint density at radius 2 is 2.06 bits per heavy atom. The number of urea groups is 1. The van der Waals surface area contributed by atoms with Gasteiger partial charge in [-0.05, 0) is 18.1 Å². The van der Waals surface area contributed by atoms with Crippen molar-refractivity contribution in [3.05, 3.63) is 24.3 Å². The SMILES string of the molecule is COc1ccccc1NC(=O)NOCC(C)C. The molecule has 1 aromatic carbocycles. The quantitative estimate of drug-likeness (QED) is 0.774. The van der Waals surface area contributed by atoms with Gasteiger partial charge < -0.3 is 10.1 Å². The van der Waals surface area contributed by atoms with Crippen molar-refractivity contribution in [3.8, 4) is 5.75 Å². The molecule has 0 heterocycles. The molecule has 2 N–H and O–H groups in total. The second kappa shape index (κ2) is 6.75. The van der Waals surface area contributed by atoms with Crippen LogP contribution in [0.25, 0.3) is 0 Å². The number of hydrogen-bond donors (Lipinski definition) is 2. The lowest BCUT2D eigenvalue weighted by Crippen LogP contribution is -2.30. The highest BCUT2D eigenvalue weighted by atomic mass is 16.7. The highest BCUT2D eigenvalue weighted by Gasteiger charge is 2.06. The molecular weight excluding hydrogens is 220 g/mol. The third-order valence-corrected chi connectivity index (χ3v) is 1.94. The van der Waals surface area contributed by atoms with E-state index in [1.807, 2.05) is 26.0 Å². The monoisotopic (exact) mass is 238 g/mol. The van der Waals surface area contributed by atoms with E-state index in [0.717, 1.165) is 0 Å². The number of hydroxylamine groups is 1. The van der Waals surface area contributed by atoms with Gasteiger partial charge in [-0.3, -0.25) is 4.84 Å². The summed E-state index contributed by atoms with van der Waals surface area (Å²) in [5, 5.41) is 2.64. The molecule has 0 radical (unpaired) electrons. The normalized spacial score (nSPS) is 10.1. The predicted molar refractivity (Wildman–Crippen MR) is 65.9 cm³/mol. The summed E-state index contributed by atoms with van der Waals surface area (Å²) >= 11 is 0. The standard InChI is InChI=1S/C12H18N2O3/c1-9(2)8-17-14-12(15)13-10-6-4-5-7-11(10)16-3/h4-7,9H,8H2,1-3H3,(H2,13,14,15). The van der Waals surface area contributed by atoms with Crippen LogP contribution in [0.1, 0.15) is 13.8 Å². The second-order valence-electron chi connectivity index (χ2n) is 3.96. The molecule has 0 saturated heterocycles. The van der Waals surface area contributed by atoms with Gasteiger partial charge in [-0.2, -0.15) is 0 Å². The Hall–Kier alpha value is -1.75. The van der Waals surface area contributed by atoms with E-state index in [9.17, 15) is 4.79 Å². The average molecular weight is 238 g/mol. The van der Waals surface area contributed by atoms with E-state index in [1.165, 1.54) is 0 Å². The lowest BCUT2D eigenvalue weighted by Gasteiger charge is -2.11. The Morgan fingerprint density at radius 3 is 2.71 bits per heavy atom. The van der Waals surface area contributed by atoms with Crippen LogP contribution in [0.2, 0.25) is 0 Å². The fourth-order valence-electron chi connectivity index (χ4n) is 1.17. The molecule has 5 nitrogen and oxygen atoms in total. The zero-order chi connectivity index (χ0) is 12.7. The van der Waals surface area contributed by atoms with E-state index in [-0.39, 0.29) is 0 Å². The molecule has 0 aromatic heterocycles. The van der Waals surface area contributed by atoms with Crippen molar-refractivity contribution < 1.29 is 14.4 Å². The van der Waals surface area contributed by atoms with Crippen LogP contribution in [0.4, 0.5) is 10.5 Å². The van der Waals surface area contributed by atoms with Gasteiger partial charge in [0.25, 0.3) is 0 Å². The van der Waals surface area contributed by atoms with E-state index in [2.05, 4.69) is 10.8 Å². The van der Waals surface area contributed by atoms with E-state index in [4.69, 9.17) is 9.57 Å². The fraction of sp³-hybridized carbons (Fsp3) is 0.417. The largest absolute Gasteiger partial charge is 0.495 e. The minimum absolute atomic E-state index is 0.363. The molecule has 0 unspecified atom stereocenters. The van der Waals surface area contributed by atoms with Crippen LogP contribution in [0, 0.1) is 5.92 Å². The number of para-hydroxylation sites is 2. The van der Waals surface area contributed by atoms with Crippen LogP contribution < -0.4 is 15.5 Å². The Labute approximate surface area is 101 Å². The lowest BCUT2D eigenvalue weighted by atomic mass is 10.2. The number of amides is 2. The molecular formula is C12H18N2O3. The van der Waals surface area contributed by atoms with Crippen LogP contribution in [0.5, 0.6) is 5.75 Å². The molecule has 1 aromatic rings. The minimum atomic E-state index is -0.421. The molecule has 0 fully saturated rings. The summed E-state index contributed by atoms with van der Waals surface area (Å²) < 4.78 is 5.11. The average Bonchev–Trinajstić information content (AvgIpc) is 2.29. The highest BCUT2D eigenvalue weighted by molar-refractivity contribution is 5.90. The summed E-state index contributed by atoms with van der Waals surface area (Å²) in [4.78, 5) is 16.5. The number of carbonyl (C=O) groups is 1. The van der Waals surface area contributed by atoms with E-state index in [0.29, 0.717) is 24.0 Å². The molecule has 5 heteroatoms. The number of benzene rings is 1. The molecule has 1 rings (SSSR count). The number of nitrogens with one attached hydrogen (secondary N) is 2. The molecule has 0 atom stereocenters. The van der Waals surface area contributed by atoms with Crippen molar-refractivity contribution in [2.45, 2.75) is 13.8 Å². The molecule has 0 saturated carbocycles. The predicted octanol–water partition coefficient (Wildman–Crippen LogP) is 2.40. The van der Waals surface area contributed by atoms with Crippen molar-refractivity contribution in [3.63, 3.8) is 0 Å². The van der Waals surface area contributed by atoms with Crippen LogP contribution in [0.3, 0.4) is 0 Å². The maximum atomic E-state index is 11.5. The number of hydrogen-bond acceptors (Lipinski definition) is 3. The van der Waals surface area contributed by atoms with Gasteiger partial charge in [-0.15, -0.1) is 0 Å². The van der Waals surface area contributed by atoms with E-state index >= 15 is 0 Å². The molecule has 0 aliphatic carbocycles. The Bertz CT molecular complexity index is 367. The van der Waals surface area contributed by atoms with Crippen molar-refractivity contribution in [2.24, 2.45) is 5.92 Å². The van der Waals surface area contributed by atoms with Crippen LogP contribution in [0.15, 0.2) is 24.3 Å². The first-order chi connectivity index (χ1) is 8.13. The molecule has 0 spiro atoms. The van der Waals surface area contributed by atoms with Gasteiger partial charge in [0, 0.05) is 0 Å². The molecule has 2 amide bonds. The number of carbonyl (C=O) groups excluding carboxylic acids is 1. The summed E-state index contributed by atoms with van der Waals surface area (Å²) in [7, 11) is 1.55. The fourth-order valence-corrected chi connectivity index (χ4v) is 1.17. The van der Waals surface area contributed by atoms with Gasteiger partial charge in [0.1, 0.15) is 5.75 Å². The zero-order valence-electron chi connectivity index (χ0n) is 10.3. The number of rotatable bonds is 5. The van der Waals surface area contributed by atoms with E-state index in [1.54, 1.807) is 19.2 Å². The van der Waals surface area contributed by atoms with Gasteiger partial charge in [0.15, 0.2) is 0 Å². The molecule has 0 aliphatic heterocycles. The topological polar surface area (TPSA) is 59.6 Å². The van der Waals surface area contributed by atoms with Crippen molar-refractivity contribution in [1.29, 1.82) is 0 Å². The highest BCUT2D eigenvalue weighted by Crippen LogP contribution is 2.22. The Balaban J connectivity index is 2.45. The maximum Gasteiger partial charge on any atom is 0.343 e. The summed E-state index contributed by atoms with van der Waals surface area (Å²) in [6.45, 7) is 4.47. The first kappa shape index (κ1) is 13.3. The Kier molecular flexibility index (Phi) is 5.29. The van der Waals surface area contributed by atoms with Crippen molar-refractivity contribution >= 4 is 11.7 Å². The van der Waals surface area contributed by atoms with Crippen molar-refractivity contribution in [1.82, 2.24) is 5.48 Å². The van der Waals surface area contributed by atoms with Gasteiger partial charge in [-0.1, -0.05) is 26.0 Å². The van der Waals surface area contributed by atoms with Crippen LogP contribution >= 0.6 is 0 Å². The molecule has 0 bridgehead atoms. The molecule has 94 valence electrons. The van der Waals surface area contributed by atoms with Gasteiger partial charge in [0.2, 0.25) is 0 Å². The first-order valence-electron chi connectivity index (χ1n) is 5.45. The minimum Gasteiger partial charge on any atom is -0.495 e. The van der Waals surface area contributed by atoms with Crippen LogP contribution in [-0.4, -0.2) is 19.7 Å². The molecule has 17 heavy (non-hydrogen) atoms. The van der Waals surface area contributed by atoms with Crippen LogP contribution in [-0.2, 0) is 4.84 Å².